The van der Waals surface area contributed by atoms with E-state index in [9.17, 15) is 9.13 Å². The second-order valence-electron chi connectivity index (χ2n) is 16.2. The van der Waals surface area contributed by atoms with Crippen molar-refractivity contribution < 1.29 is 9.13 Å². The van der Waals surface area contributed by atoms with Crippen molar-refractivity contribution in [3.8, 4) is 43.8 Å². The standard InChI is InChI=1S/C51H37NO2P2S3/c1-55(2,53)37-21-16-31(17-22-37)30-12-14-33(15-13-30)46-41-24-18-32-8-5-6-11-39(32)47(41)52-48-40-23-19-35(26-34(40)20-25-42(46)48)43-29-57-51-49(43)59-45-28-44(58-50(45)51)36-9-7-10-38(27-36)56(3,4)54/h5-29H,1-4H3. The first-order chi connectivity index (χ1) is 28.5. The van der Waals surface area contributed by atoms with E-state index in [-0.39, 0.29) is 0 Å². The van der Waals surface area contributed by atoms with Gasteiger partial charge in [-0.05, 0) is 83.4 Å². The second kappa shape index (κ2) is 13.7. The first kappa shape index (κ1) is 36.9. The Hall–Kier alpha value is -5.19. The lowest BCUT2D eigenvalue weighted by molar-refractivity contribution is 0.587. The zero-order chi connectivity index (χ0) is 40.2. The number of thiophene rings is 3. The lowest BCUT2D eigenvalue weighted by Gasteiger charge is -2.15. The molecule has 0 bridgehead atoms. The van der Waals surface area contributed by atoms with Gasteiger partial charge < -0.3 is 9.13 Å². The largest absolute Gasteiger partial charge is 0.319 e. The predicted molar refractivity (Wildman–Crippen MR) is 263 cm³/mol. The summed E-state index contributed by atoms with van der Waals surface area (Å²) in [6.07, 6.45) is 0. The highest BCUT2D eigenvalue weighted by molar-refractivity contribution is 7.70. The van der Waals surface area contributed by atoms with E-state index < -0.39 is 14.3 Å². The summed E-state index contributed by atoms with van der Waals surface area (Å²) in [6.45, 7) is 7.31. The maximum absolute atomic E-state index is 12.8. The summed E-state index contributed by atoms with van der Waals surface area (Å²) in [4.78, 5) is 6.71. The molecule has 4 aromatic heterocycles. The Morgan fingerprint density at radius 2 is 1.08 bits per heavy atom. The van der Waals surface area contributed by atoms with E-state index in [1.165, 1.54) is 51.1 Å². The molecule has 0 radical (unpaired) electrons. The average Bonchev–Trinajstić information content (AvgIpc) is 3.94. The molecular formula is C51H37NO2P2S3. The molecule has 0 atom stereocenters. The van der Waals surface area contributed by atoms with Gasteiger partial charge in [0.1, 0.15) is 14.3 Å². The van der Waals surface area contributed by atoms with E-state index in [0.29, 0.717) is 0 Å². The number of rotatable bonds is 6. The number of fused-ring (bicyclic) bond motifs is 9. The molecule has 59 heavy (non-hydrogen) atoms. The van der Waals surface area contributed by atoms with Crippen LogP contribution in [0.3, 0.4) is 0 Å². The number of benzene rings is 7. The molecule has 0 aliphatic heterocycles. The van der Waals surface area contributed by atoms with Crippen LogP contribution in [-0.2, 0) is 9.13 Å². The van der Waals surface area contributed by atoms with Gasteiger partial charge in [-0.25, -0.2) is 4.98 Å². The third-order valence-electron chi connectivity index (χ3n) is 11.6. The Balaban J connectivity index is 1.02. The molecule has 11 rings (SSSR count). The smallest absolute Gasteiger partial charge is 0.109 e. The van der Waals surface area contributed by atoms with Crippen LogP contribution in [0.15, 0.2) is 151 Å². The molecule has 8 heteroatoms. The van der Waals surface area contributed by atoms with Gasteiger partial charge in [0.05, 0.1) is 25.1 Å². The third kappa shape index (κ3) is 6.24. The molecule has 0 saturated carbocycles. The second-order valence-corrected chi connectivity index (χ2v) is 25.6. The monoisotopic (exact) mass is 853 g/mol. The number of nitrogens with zero attached hydrogens (tertiary/aromatic N) is 1. The van der Waals surface area contributed by atoms with Crippen LogP contribution in [0.5, 0.6) is 0 Å². The van der Waals surface area contributed by atoms with Crippen LogP contribution in [0.1, 0.15) is 0 Å². The van der Waals surface area contributed by atoms with Gasteiger partial charge in [-0.3, -0.25) is 0 Å². The summed E-state index contributed by atoms with van der Waals surface area (Å²) >= 11 is 5.53. The Bertz CT molecular complexity index is 3600. The molecule has 0 N–H and O–H groups in total. The van der Waals surface area contributed by atoms with Crippen molar-refractivity contribution >= 4 is 121 Å². The molecule has 4 heterocycles. The van der Waals surface area contributed by atoms with Crippen molar-refractivity contribution in [2.45, 2.75) is 0 Å². The fraction of sp³-hybridized carbons (Fsp3) is 0.0784. The summed E-state index contributed by atoms with van der Waals surface area (Å²) in [5, 5.41) is 11.0. The summed E-state index contributed by atoms with van der Waals surface area (Å²) in [6, 6.07) is 51.9. The van der Waals surface area contributed by atoms with Gasteiger partial charge in [-0.2, -0.15) is 0 Å². The predicted octanol–water partition coefficient (Wildman–Crippen LogP) is 15.3. The highest BCUT2D eigenvalue weighted by Crippen LogP contribution is 2.50. The molecule has 0 saturated heterocycles. The van der Waals surface area contributed by atoms with Gasteiger partial charge in [-0.1, -0.05) is 127 Å². The maximum Gasteiger partial charge on any atom is 0.109 e. The van der Waals surface area contributed by atoms with E-state index in [4.69, 9.17) is 4.98 Å². The molecule has 0 spiro atoms. The normalized spacial score (nSPS) is 12.5. The summed E-state index contributed by atoms with van der Waals surface area (Å²) in [7, 11) is -4.66. The maximum atomic E-state index is 12.8. The van der Waals surface area contributed by atoms with Gasteiger partial charge in [0.2, 0.25) is 0 Å². The zero-order valence-corrected chi connectivity index (χ0v) is 37.1. The van der Waals surface area contributed by atoms with Crippen molar-refractivity contribution in [1.82, 2.24) is 4.98 Å². The Kier molecular flexibility index (Phi) is 8.54. The van der Waals surface area contributed by atoms with Crippen LogP contribution in [-0.4, -0.2) is 31.6 Å². The zero-order valence-electron chi connectivity index (χ0n) is 32.8. The molecule has 3 nitrogen and oxygen atoms in total. The molecule has 0 fully saturated rings. The van der Waals surface area contributed by atoms with Gasteiger partial charge in [0.15, 0.2) is 0 Å². The highest BCUT2D eigenvalue weighted by atomic mass is 32.1. The molecule has 11 aromatic rings. The molecule has 0 aliphatic carbocycles. The lowest BCUT2D eigenvalue weighted by Crippen LogP contribution is -2.01. The number of hydrogen-bond donors (Lipinski definition) is 0. The fourth-order valence-corrected chi connectivity index (χ4v) is 14.3. The van der Waals surface area contributed by atoms with Crippen LogP contribution in [0, 0.1) is 0 Å². The Labute approximate surface area is 354 Å². The van der Waals surface area contributed by atoms with Gasteiger partial charge in [0.25, 0.3) is 0 Å². The highest BCUT2D eigenvalue weighted by Gasteiger charge is 2.20. The SMILES string of the molecule is CP(C)(=O)c1ccc(-c2ccc(-c3c4ccc5ccccc5c4nc4c3ccc3cc(-c5csc6c5sc5cc(-c7cccc(P(C)(C)=O)c7)sc56)ccc34)cc2)cc1. The van der Waals surface area contributed by atoms with Crippen molar-refractivity contribution in [3.05, 3.63) is 151 Å². The van der Waals surface area contributed by atoms with E-state index in [1.807, 2.05) is 84.9 Å². The van der Waals surface area contributed by atoms with Gasteiger partial charge in [-0.15, -0.1) is 34.0 Å². The molecule has 0 unspecified atom stereocenters. The molecule has 0 amide bonds. The topological polar surface area (TPSA) is 47.0 Å². The minimum Gasteiger partial charge on any atom is -0.319 e. The van der Waals surface area contributed by atoms with Crippen molar-refractivity contribution in [2.75, 3.05) is 26.7 Å². The Morgan fingerprint density at radius 3 is 1.81 bits per heavy atom. The van der Waals surface area contributed by atoms with Crippen LogP contribution in [0.25, 0.3) is 106 Å². The first-order valence-corrected chi connectivity index (χ1v) is 27.2. The summed E-state index contributed by atoms with van der Waals surface area (Å²) in [5.41, 5.74) is 10.2. The van der Waals surface area contributed by atoms with Gasteiger partial charge in [0, 0.05) is 58.2 Å². The fourth-order valence-electron chi connectivity index (χ4n) is 8.45. The quantitative estimate of drug-likeness (QED) is 0.0951. The van der Waals surface area contributed by atoms with Crippen LogP contribution in [0.4, 0.5) is 0 Å². The van der Waals surface area contributed by atoms with Crippen LogP contribution in [0.2, 0.25) is 0 Å². The average molecular weight is 854 g/mol. The lowest BCUT2D eigenvalue weighted by atomic mass is 9.91. The third-order valence-corrected chi connectivity index (χ3v) is 18.4. The van der Waals surface area contributed by atoms with Crippen molar-refractivity contribution in [2.24, 2.45) is 0 Å². The van der Waals surface area contributed by atoms with Gasteiger partial charge >= 0.3 is 0 Å². The Morgan fingerprint density at radius 1 is 0.458 bits per heavy atom. The number of hydrogen-bond acceptors (Lipinski definition) is 6. The molecule has 0 aliphatic rings. The van der Waals surface area contributed by atoms with E-state index in [1.54, 1.807) is 0 Å². The molecular weight excluding hydrogens is 817 g/mol. The van der Waals surface area contributed by atoms with Crippen molar-refractivity contribution in [1.29, 1.82) is 0 Å². The van der Waals surface area contributed by atoms with E-state index in [2.05, 4.69) is 127 Å². The summed E-state index contributed by atoms with van der Waals surface area (Å²) in [5.74, 6) is 0. The molecule has 286 valence electrons. The molecule has 7 aromatic carbocycles. The minimum atomic E-state index is -2.34. The van der Waals surface area contributed by atoms with E-state index in [0.717, 1.165) is 65.4 Å². The number of aromatic nitrogens is 1. The first-order valence-electron chi connectivity index (χ1n) is 19.5. The van der Waals surface area contributed by atoms with Crippen molar-refractivity contribution in [3.63, 3.8) is 0 Å². The minimum absolute atomic E-state index is 0.897. The number of pyridine rings is 1. The van der Waals surface area contributed by atoms with Crippen LogP contribution < -0.4 is 10.6 Å². The van der Waals surface area contributed by atoms with E-state index >= 15 is 0 Å². The van der Waals surface area contributed by atoms with Crippen LogP contribution >= 0.6 is 48.3 Å². The summed E-state index contributed by atoms with van der Waals surface area (Å²) < 4.78 is 30.8.